The molecular formula is C13H22N4. The molecule has 2 rings (SSSR count). The fourth-order valence-electron chi connectivity index (χ4n) is 2.32. The number of aryl methyl sites for hydroxylation is 2. The van der Waals surface area contributed by atoms with Gasteiger partial charge in [0, 0.05) is 43.5 Å². The third-order valence-corrected chi connectivity index (χ3v) is 3.20. The van der Waals surface area contributed by atoms with Crippen molar-refractivity contribution in [1.82, 2.24) is 20.2 Å². The maximum absolute atomic E-state index is 4.60. The number of rotatable bonds is 3. The molecule has 2 heterocycles. The maximum Gasteiger partial charge on any atom is 0.130 e. The first-order valence-corrected chi connectivity index (χ1v) is 6.42. The highest BCUT2D eigenvalue weighted by Gasteiger charge is 2.18. The molecule has 4 nitrogen and oxygen atoms in total. The largest absolute Gasteiger partial charge is 0.311 e. The van der Waals surface area contributed by atoms with Gasteiger partial charge in [0.05, 0.1) is 0 Å². The van der Waals surface area contributed by atoms with Gasteiger partial charge in [0.15, 0.2) is 0 Å². The molecule has 1 unspecified atom stereocenters. The van der Waals surface area contributed by atoms with Gasteiger partial charge in [0.25, 0.3) is 0 Å². The van der Waals surface area contributed by atoms with E-state index in [0.717, 1.165) is 49.7 Å². The van der Waals surface area contributed by atoms with Crippen LogP contribution in [0.15, 0.2) is 6.07 Å². The Bertz CT molecular complexity index is 378. The highest BCUT2D eigenvalue weighted by Crippen LogP contribution is 2.06. The summed E-state index contributed by atoms with van der Waals surface area (Å²) in [5, 5.41) is 3.53. The Hall–Kier alpha value is -1.00. The minimum atomic E-state index is 0.486. The summed E-state index contributed by atoms with van der Waals surface area (Å²) in [6, 6.07) is 2.56. The molecule has 0 saturated carbocycles. The predicted molar refractivity (Wildman–Crippen MR) is 69.1 cm³/mol. The van der Waals surface area contributed by atoms with Gasteiger partial charge in [-0.15, -0.1) is 0 Å². The van der Waals surface area contributed by atoms with Crippen LogP contribution in [0.2, 0.25) is 0 Å². The third kappa shape index (κ3) is 3.48. The van der Waals surface area contributed by atoms with Crippen molar-refractivity contribution in [2.45, 2.75) is 32.7 Å². The van der Waals surface area contributed by atoms with Gasteiger partial charge >= 0.3 is 0 Å². The lowest BCUT2D eigenvalue weighted by atomic mass is 10.1. The lowest BCUT2D eigenvalue weighted by molar-refractivity contribution is 0.236. The summed E-state index contributed by atoms with van der Waals surface area (Å²) in [6.45, 7) is 7.46. The van der Waals surface area contributed by atoms with Gasteiger partial charge in [0.2, 0.25) is 0 Å². The summed E-state index contributed by atoms with van der Waals surface area (Å²) < 4.78 is 0. The van der Waals surface area contributed by atoms with Crippen molar-refractivity contribution in [3.05, 3.63) is 23.3 Å². The third-order valence-electron chi connectivity index (χ3n) is 3.20. The molecular weight excluding hydrogens is 212 g/mol. The van der Waals surface area contributed by atoms with E-state index in [1.165, 1.54) is 0 Å². The minimum Gasteiger partial charge on any atom is -0.311 e. The number of likely N-dealkylation sites (N-methyl/N-ethyl adjacent to an activating group) is 1. The van der Waals surface area contributed by atoms with Gasteiger partial charge in [-0.05, 0) is 26.5 Å². The van der Waals surface area contributed by atoms with E-state index in [1.807, 2.05) is 6.92 Å². The standard InChI is InChI=1S/C13H22N4/c1-4-11-7-10(2)15-13(16-11)8-12-9-17(3)6-5-14-12/h7,12,14H,4-6,8-9H2,1-3H3. The Labute approximate surface area is 103 Å². The van der Waals surface area contributed by atoms with E-state index in [9.17, 15) is 0 Å². The molecule has 1 aromatic heterocycles. The van der Waals surface area contributed by atoms with Crippen molar-refractivity contribution < 1.29 is 0 Å². The van der Waals surface area contributed by atoms with Crippen LogP contribution in [-0.4, -0.2) is 47.6 Å². The summed E-state index contributed by atoms with van der Waals surface area (Å²) in [4.78, 5) is 11.5. The maximum atomic E-state index is 4.60. The Kier molecular flexibility index (Phi) is 4.07. The SMILES string of the molecule is CCc1cc(C)nc(CC2CN(C)CCN2)n1. The Morgan fingerprint density at radius 2 is 2.29 bits per heavy atom. The molecule has 0 bridgehead atoms. The second-order valence-corrected chi connectivity index (χ2v) is 4.89. The summed E-state index contributed by atoms with van der Waals surface area (Å²) in [6.07, 6.45) is 1.91. The quantitative estimate of drug-likeness (QED) is 0.839. The fourth-order valence-corrected chi connectivity index (χ4v) is 2.32. The minimum absolute atomic E-state index is 0.486. The second kappa shape index (κ2) is 5.56. The van der Waals surface area contributed by atoms with E-state index in [-0.39, 0.29) is 0 Å². The zero-order valence-corrected chi connectivity index (χ0v) is 11.0. The summed E-state index contributed by atoms with van der Waals surface area (Å²) >= 11 is 0. The molecule has 0 aliphatic carbocycles. The molecule has 1 aliphatic rings. The Morgan fingerprint density at radius 1 is 1.47 bits per heavy atom. The molecule has 1 N–H and O–H groups in total. The molecule has 4 heteroatoms. The molecule has 0 amide bonds. The smallest absolute Gasteiger partial charge is 0.130 e. The summed E-state index contributed by atoms with van der Waals surface area (Å²) in [5.74, 6) is 0.981. The highest BCUT2D eigenvalue weighted by molar-refractivity contribution is 5.10. The zero-order chi connectivity index (χ0) is 12.3. The molecule has 0 radical (unpaired) electrons. The van der Waals surface area contributed by atoms with E-state index in [4.69, 9.17) is 0 Å². The van der Waals surface area contributed by atoms with E-state index >= 15 is 0 Å². The van der Waals surface area contributed by atoms with Crippen LogP contribution in [0, 0.1) is 6.92 Å². The van der Waals surface area contributed by atoms with Gasteiger partial charge < -0.3 is 10.2 Å². The van der Waals surface area contributed by atoms with Crippen LogP contribution in [0.5, 0.6) is 0 Å². The number of hydrogen-bond donors (Lipinski definition) is 1. The number of nitrogens with zero attached hydrogens (tertiary/aromatic N) is 3. The van der Waals surface area contributed by atoms with Gasteiger partial charge in [-0.25, -0.2) is 9.97 Å². The number of piperazine rings is 1. The molecule has 0 spiro atoms. The van der Waals surface area contributed by atoms with Gasteiger partial charge in [0.1, 0.15) is 5.82 Å². The number of hydrogen-bond acceptors (Lipinski definition) is 4. The fraction of sp³-hybridized carbons (Fsp3) is 0.692. The molecule has 1 aliphatic heterocycles. The summed E-state index contributed by atoms with van der Waals surface area (Å²) in [7, 11) is 2.17. The molecule has 1 atom stereocenters. The van der Waals surface area contributed by atoms with Crippen molar-refractivity contribution >= 4 is 0 Å². The van der Waals surface area contributed by atoms with Crippen molar-refractivity contribution in [3.8, 4) is 0 Å². The lowest BCUT2D eigenvalue weighted by Gasteiger charge is -2.30. The molecule has 0 aromatic carbocycles. The van der Waals surface area contributed by atoms with Crippen LogP contribution in [-0.2, 0) is 12.8 Å². The first kappa shape index (κ1) is 12.5. The first-order chi connectivity index (χ1) is 8.17. The van der Waals surface area contributed by atoms with Crippen molar-refractivity contribution in [2.24, 2.45) is 0 Å². The highest BCUT2D eigenvalue weighted by atomic mass is 15.2. The van der Waals surface area contributed by atoms with E-state index in [1.54, 1.807) is 0 Å². The van der Waals surface area contributed by atoms with Crippen LogP contribution >= 0.6 is 0 Å². The van der Waals surface area contributed by atoms with Gasteiger partial charge in [-0.3, -0.25) is 0 Å². The Morgan fingerprint density at radius 3 is 3.00 bits per heavy atom. The van der Waals surface area contributed by atoms with E-state index in [2.05, 4.69) is 40.2 Å². The normalized spacial score (nSPS) is 21.7. The zero-order valence-electron chi connectivity index (χ0n) is 11.0. The van der Waals surface area contributed by atoms with Crippen LogP contribution in [0.4, 0.5) is 0 Å². The number of aromatic nitrogens is 2. The molecule has 1 aromatic rings. The van der Waals surface area contributed by atoms with Crippen molar-refractivity contribution in [2.75, 3.05) is 26.7 Å². The van der Waals surface area contributed by atoms with Crippen LogP contribution in [0.25, 0.3) is 0 Å². The van der Waals surface area contributed by atoms with E-state index in [0.29, 0.717) is 6.04 Å². The first-order valence-electron chi connectivity index (χ1n) is 6.42. The predicted octanol–water partition coefficient (Wildman–Crippen LogP) is 0.794. The average molecular weight is 234 g/mol. The van der Waals surface area contributed by atoms with Gasteiger partial charge in [-0.2, -0.15) is 0 Å². The van der Waals surface area contributed by atoms with Crippen LogP contribution in [0.1, 0.15) is 24.1 Å². The monoisotopic (exact) mass is 234 g/mol. The number of nitrogens with one attached hydrogen (secondary N) is 1. The second-order valence-electron chi connectivity index (χ2n) is 4.89. The van der Waals surface area contributed by atoms with Crippen molar-refractivity contribution in [3.63, 3.8) is 0 Å². The lowest BCUT2D eigenvalue weighted by Crippen LogP contribution is -2.50. The van der Waals surface area contributed by atoms with Gasteiger partial charge in [-0.1, -0.05) is 6.92 Å². The molecule has 94 valence electrons. The average Bonchev–Trinajstić information content (AvgIpc) is 2.28. The van der Waals surface area contributed by atoms with Crippen LogP contribution < -0.4 is 5.32 Å². The van der Waals surface area contributed by atoms with Crippen molar-refractivity contribution in [1.29, 1.82) is 0 Å². The van der Waals surface area contributed by atoms with E-state index < -0.39 is 0 Å². The Balaban J connectivity index is 2.04. The summed E-state index contributed by atoms with van der Waals surface area (Å²) in [5.41, 5.74) is 2.23. The molecule has 17 heavy (non-hydrogen) atoms. The molecule has 1 saturated heterocycles. The molecule has 1 fully saturated rings. The topological polar surface area (TPSA) is 41.1 Å². The van der Waals surface area contributed by atoms with Crippen LogP contribution in [0.3, 0.4) is 0 Å².